The van der Waals surface area contributed by atoms with Gasteiger partial charge < -0.3 is 4.74 Å². The van der Waals surface area contributed by atoms with Gasteiger partial charge in [-0.2, -0.15) is 0 Å². The van der Waals surface area contributed by atoms with Crippen molar-refractivity contribution in [3.05, 3.63) is 77.6 Å². The summed E-state index contributed by atoms with van der Waals surface area (Å²) in [6.07, 6.45) is 1.95. The van der Waals surface area contributed by atoms with Crippen LogP contribution in [-0.2, 0) is 4.79 Å². The fraction of sp³-hybridized carbons (Fsp3) is 0.190. The Morgan fingerprint density at radius 3 is 2.55 bits per heavy atom. The summed E-state index contributed by atoms with van der Waals surface area (Å²) < 4.78 is 20.3. The fourth-order valence-corrected chi connectivity index (χ4v) is 2.65. The van der Waals surface area contributed by atoms with E-state index < -0.39 is 17.9 Å². The minimum atomic E-state index is -0.821. The van der Waals surface area contributed by atoms with Crippen molar-refractivity contribution in [2.24, 2.45) is 0 Å². The lowest BCUT2D eigenvalue weighted by atomic mass is 10.1. The van der Waals surface area contributed by atoms with Crippen LogP contribution in [0.25, 0.3) is 5.69 Å². The van der Waals surface area contributed by atoms with Gasteiger partial charge in [0, 0.05) is 5.69 Å². The number of aromatic nitrogens is 2. The number of nitrogens with zero attached hydrogens (tertiary/aromatic N) is 2. The molecular formula is C21H21FN4O3. The number of halogens is 1. The molecule has 29 heavy (non-hydrogen) atoms. The molecule has 0 radical (unpaired) electrons. The predicted molar refractivity (Wildman–Crippen MR) is 105 cm³/mol. The zero-order chi connectivity index (χ0) is 21.0. The highest BCUT2D eigenvalue weighted by molar-refractivity contribution is 5.94. The highest BCUT2D eigenvalue weighted by Gasteiger charge is 2.19. The number of hydrazine groups is 1. The van der Waals surface area contributed by atoms with Gasteiger partial charge in [0.1, 0.15) is 17.3 Å². The Morgan fingerprint density at radius 1 is 1.10 bits per heavy atom. The summed E-state index contributed by atoms with van der Waals surface area (Å²) in [6.45, 7) is 5.46. The summed E-state index contributed by atoms with van der Waals surface area (Å²) in [4.78, 5) is 28.7. The molecule has 0 aliphatic rings. The maximum absolute atomic E-state index is 13.1. The van der Waals surface area contributed by atoms with E-state index in [4.69, 9.17) is 4.74 Å². The number of carbonyl (C=O) groups excluding carboxylic acids is 2. The number of aryl methyl sites for hydroxylation is 1. The molecule has 2 aromatic carbocycles. The summed E-state index contributed by atoms with van der Waals surface area (Å²) in [5, 5.41) is 0. The van der Waals surface area contributed by atoms with Gasteiger partial charge in [-0.1, -0.05) is 12.1 Å². The van der Waals surface area contributed by atoms with Gasteiger partial charge in [-0.3, -0.25) is 25.0 Å². The van der Waals surface area contributed by atoms with Crippen molar-refractivity contribution in [3.8, 4) is 11.4 Å². The van der Waals surface area contributed by atoms with Crippen molar-refractivity contribution >= 4 is 11.8 Å². The minimum Gasteiger partial charge on any atom is -0.481 e. The second-order valence-electron chi connectivity index (χ2n) is 6.53. The Hall–Kier alpha value is -3.68. The normalized spacial score (nSPS) is 11.6. The molecule has 0 saturated heterocycles. The number of ether oxygens (including phenoxy) is 1. The molecule has 1 atom stereocenters. The fourth-order valence-electron chi connectivity index (χ4n) is 2.65. The molecule has 0 fully saturated rings. The van der Waals surface area contributed by atoms with Crippen molar-refractivity contribution in [1.29, 1.82) is 0 Å². The lowest BCUT2D eigenvalue weighted by Gasteiger charge is -2.17. The smallest absolute Gasteiger partial charge is 0.288 e. The Bertz CT molecular complexity index is 1030. The number of nitrogens with one attached hydrogen (secondary N) is 2. The highest BCUT2D eigenvalue weighted by Crippen LogP contribution is 2.21. The topological polar surface area (TPSA) is 85.2 Å². The summed E-state index contributed by atoms with van der Waals surface area (Å²) >= 11 is 0. The molecule has 0 spiro atoms. The number of hydrogen-bond acceptors (Lipinski definition) is 4. The van der Waals surface area contributed by atoms with Crippen LogP contribution in [0.5, 0.6) is 5.75 Å². The van der Waals surface area contributed by atoms with E-state index in [9.17, 15) is 14.0 Å². The third-order valence-corrected chi connectivity index (χ3v) is 4.50. The third-order valence-electron chi connectivity index (χ3n) is 4.50. The van der Waals surface area contributed by atoms with Gasteiger partial charge in [-0.05, 0) is 62.2 Å². The quantitative estimate of drug-likeness (QED) is 0.650. The van der Waals surface area contributed by atoms with Gasteiger partial charge in [0.25, 0.3) is 11.8 Å². The predicted octanol–water partition coefficient (Wildman–Crippen LogP) is 2.86. The van der Waals surface area contributed by atoms with Gasteiger partial charge in [-0.15, -0.1) is 0 Å². The summed E-state index contributed by atoms with van der Waals surface area (Å²) in [6, 6.07) is 11.2. The van der Waals surface area contributed by atoms with Gasteiger partial charge in [0.2, 0.25) is 0 Å². The van der Waals surface area contributed by atoms with Crippen LogP contribution in [0, 0.1) is 19.7 Å². The van der Waals surface area contributed by atoms with Gasteiger partial charge in [-0.25, -0.2) is 9.37 Å². The van der Waals surface area contributed by atoms with E-state index in [1.807, 2.05) is 26.0 Å². The first-order chi connectivity index (χ1) is 13.9. The maximum Gasteiger partial charge on any atom is 0.288 e. The Kier molecular flexibility index (Phi) is 5.92. The molecular weight excluding hydrogens is 375 g/mol. The van der Waals surface area contributed by atoms with Crippen LogP contribution < -0.4 is 15.6 Å². The van der Waals surface area contributed by atoms with Crippen molar-refractivity contribution < 1.29 is 18.7 Å². The first-order valence-corrected chi connectivity index (χ1v) is 8.98. The third kappa shape index (κ3) is 4.60. The summed E-state index contributed by atoms with van der Waals surface area (Å²) in [7, 11) is 0. The number of rotatable bonds is 5. The van der Waals surface area contributed by atoms with Crippen molar-refractivity contribution in [2.45, 2.75) is 26.9 Å². The zero-order valence-electron chi connectivity index (χ0n) is 16.3. The number of benzene rings is 2. The van der Waals surface area contributed by atoms with E-state index >= 15 is 0 Å². The molecule has 2 amide bonds. The summed E-state index contributed by atoms with van der Waals surface area (Å²) in [5.41, 5.74) is 7.43. The lowest BCUT2D eigenvalue weighted by Crippen LogP contribution is -2.47. The van der Waals surface area contributed by atoms with Crippen LogP contribution >= 0.6 is 0 Å². The number of hydrogen-bond donors (Lipinski definition) is 2. The molecule has 0 bridgehead atoms. The standard InChI is InChI=1S/C21H21FN4O3/c1-13-5-4-6-19(14(13)2)29-15(3)20(27)24-25-21(28)18-11-23-12-26(18)17-9-7-16(22)8-10-17/h4-12,15H,1-3H3,(H,24,27)(H,25,28)/t15-/m0/s1. The Balaban J connectivity index is 1.62. The van der Waals surface area contributed by atoms with E-state index in [0.717, 1.165) is 11.1 Å². The Labute approximate surface area is 167 Å². The maximum atomic E-state index is 13.1. The molecule has 0 saturated carbocycles. The van der Waals surface area contributed by atoms with Crippen molar-refractivity contribution in [2.75, 3.05) is 0 Å². The SMILES string of the molecule is Cc1cccc(O[C@@H](C)C(=O)NNC(=O)c2cncn2-c2ccc(F)cc2)c1C. The lowest BCUT2D eigenvalue weighted by molar-refractivity contribution is -0.128. The number of amides is 2. The molecule has 8 heteroatoms. The highest BCUT2D eigenvalue weighted by atomic mass is 19.1. The minimum absolute atomic E-state index is 0.181. The molecule has 2 N–H and O–H groups in total. The molecule has 3 rings (SSSR count). The molecule has 1 heterocycles. The average Bonchev–Trinajstić information content (AvgIpc) is 3.19. The van der Waals surface area contributed by atoms with Crippen LogP contribution in [0.15, 0.2) is 55.0 Å². The molecule has 0 unspecified atom stereocenters. The number of imidazole rings is 1. The molecule has 150 valence electrons. The van der Waals surface area contributed by atoms with E-state index in [1.54, 1.807) is 13.0 Å². The largest absolute Gasteiger partial charge is 0.481 e. The first kappa shape index (κ1) is 20.1. The van der Waals surface area contributed by atoms with E-state index in [1.165, 1.54) is 41.4 Å². The van der Waals surface area contributed by atoms with Crippen LogP contribution in [0.4, 0.5) is 4.39 Å². The summed E-state index contributed by atoms with van der Waals surface area (Å²) in [5.74, 6) is -0.857. The van der Waals surface area contributed by atoms with Crippen LogP contribution in [0.3, 0.4) is 0 Å². The van der Waals surface area contributed by atoms with Crippen LogP contribution in [0.1, 0.15) is 28.5 Å². The van der Waals surface area contributed by atoms with Crippen LogP contribution in [0.2, 0.25) is 0 Å². The molecule has 0 aliphatic carbocycles. The van der Waals surface area contributed by atoms with E-state index in [2.05, 4.69) is 15.8 Å². The van der Waals surface area contributed by atoms with E-state index in [0.29, 0.717) is 11.4 Å². The second-order valence-corrected chi connectivity index (χ2v) is 6.53. The average molecular weight is 396 g/mol. The molecule has 3 aromatic rings. The molecule has 0 aliphatic heterocycles. The number of carbonyl (C=O) groups is 2. The van der Waals surface area contributed by atoms with Gasteiger partial charge in [0.15, 0.2) is 6.10 Å². The first-order valence-electron chi connectivity index (χ1n) is 8.98. The monoisotopic (exact) mass is 396 g/mol. The zero-order valence-corrected chi connectivity index (χ0v) is 16.3. The molecule has 1 aromatic heterocycles. The molecule has 7 nitrogen and oxygen atoms in total. The van der Waals surface area contributed by atoms with E-state index in [-0.39, 0.29) is 11.5 Å². The van der Waals surface area contributed by atoms with Gasteiger partial charge >= 0.3 is 0 Å². The van der Waals surface area contributed by atoms with Crippen LogP contribution in [-0.4, -0.2) is 27.5 Å². The Morgan fingerprint density at radius 2 is 1.83 bits per heavy atom. The second kappa shape index (κ2) is 8.55. The van der Waals surface area contributed by atoms with Crippen molar-refractivity contribution in [1.82, 2.24) is 20.4 Å². The van der Waals surface area contributed by atoms with Gasteiger partial charge in [0.05, 0.1) is 12.5 Å². The van der Waals surface area contributed by atoms with Crippen molar-refractivity contribution in [3.63, 3.8) is 0 Å².